The zero-order chi connectivity index (χ0) is 18.3. The zero-order valence-corrected chi connectivity index (χ0v) is 19.2. The van der Waals surface area contributed by atoms with Gasteiger partial charge in [-0.05, 0) is 125 Å². The Balaban J connectivity index is 1.41. The summed E-state index contributed by atoms with van der Waals surface area (Å²) in [5, 5.41) is 3.89. The van der Waals surface area contributed by atoms with E-state index in [2.05, 4.69) is 63.2 Å². The molecule has 0 aliphatic heterocycles. The fourth-order valence-electron chi connectivity index (χ4n) is 6.25. The van der Waals surface area contributed by atoms with E-state index in [-0.39, 0.29) is 0 Å². The summed E-state index contributed by atoms with van der Waals surface area (Å²) in [5.41, 5.74) is 1.87. The Hall–Kier alpha value is -0.0600. The highest BCUT2D eigenvalue weighted by atomic mass is 79.9. The molecule has 4 saturated carbocycles. The van der Waals surface area contributed by atoms with E-state index in [1.807, 2.05) is 0 Å². The van der Waals surface area contributed by atoms with Crippen LogP contribution in [0.5, 0.6) is 5.75 Å². The van der Waals surface area contributed by atoms with Gasteiger partial charge < -0.3 is 10.1 Å². The van der Waals surface area contributed by atoms with Gasteiger partial charge in [-0.3, -0.25) is 0 Å². The lowest BCUT2D eigenvalue weighted by Gasteiger charge is -2.59. The van der Waals surface area contributed by atoms with Crippen molar-refractivity contribution in [1.82, 2.24) is 5.32 Å². The van der Waals surface area contributed by atoms with E-state index in [1.54, 1.807) is 0 Å². The van der Waals surface area contributed by atoms with Crippen LogP contribution in [-0.4, -0.2) is 12.6 Å². The molecule has 1 atom stereocenters. The second kappa shape index (κ2) is 7.75. The zero-order valence-electron chi connectivity index (χ0n) is 16.0. The van der Waals surface area contributed by atoms with Gasteiger partial charge in [-0.1, -0.05) is 6.92 Å². The minimum absolute atomic E-state index is 0.563. The Morgan fingerprint density at radius 1 is 1.08 bits per heavy atom. The van der Waals surface area contributed by atoms with Gasteiger partial charge in [0.1, 0.15) is 5.75 Å². The second-order valence-electron chi connectivity index (χ2n) is 9.12. The molecule has 26 heavy (non-hydrogen) atoms. The Bertz CT molecular complexity index is 601. The highest BCUT2D eigenvalue weighted by Gasteiger charge is 2.52. The van der Waals surface area contributed by atoms with Crippen molar-refractivity contribution in [1.29, 1.82) is 0 Å². The molecule has 0 aromatic heterocycles. The predicted octanol–water partition coefficient (Wildman–Crippen LogP) is 6.69. The summed E-state index contributed by atoms with van der Waals surface area (Å²) in [7, 11) is 0. The molecule has 0 radical (unpaired) electrons. The van der Waals surface area contributed by atoms with Gasteiger partial charge in [0.05, 0.1) is 15.6 Å². The minimum atomic E-state index is 0.563. The first kappa shape index (κ1) is 19.3. The van der Waals surface area contributed by atoms with Gasteiger partial charge in [0.25, 0.3) is 0 Å². The number of halogens is 2. The molecule has 144 valence electrons. The van der Waals surface area contributed by atoms with E-state index >= 15 is 0 Å². The second-order valence-corrected chi connectivity index (χ2v) is 10.8. The summed E-state index contributed by atoms with van der Waals surface area (Å²) < 4.78 is 7.93. The molecule has 4 bridgehead atoms. The van der Waals surface area contributed by atoms with E-state index < -0.39 is 0 Å². The molecule has 0 saturated heterocycles. The topological polar surface area (TPSA) is 21.3 Å². The molecule has 1 unspecified atom stereocenters. The van der Waals surface area contributed by atoms with Crippen LogP contribution < -0.4 is 10.1 Å². The molecule has 1 aromatic rings. The molecule has 0 heterocycles. The number of rotatable bonds is 7. The van der Waals surface area contributed by atoms with Crippen molar-refractivity contribution in [2.75, 3.05) is 6.61 Å². The molecule has 4 aliphatic rings. The van der Waals surface area contributed by atoms with E-state index in [1.165, 1.54) is 44.1 Å². The molecule has 5 rings (SSSR count). The van der Waals surface area contributed by atoms with Gasteiger partial charge in [-0.15, -0.1) is 0 Å². The van der Waals surface area contributed by atoms with Crippen LogP contribution in [0.3, 0.4) is 0 Å². The quantitative estimate of drug-likeness (QED) is 0.465. The lowest BCUT2D eigenvalue weighted by Crippen LogP contribution is -2.54. The first-order valence-corrected chi connectivity index (χ1v) is 11.9. The van der Waals surface area contributed by atoms with Gasteiger partial charge in [0.15, 0.2) is 0 Å². The summed E-state index contributed by atoms with van der Waals surface area (Å²) in [6.45, 7) is 6.24. The molecule has 4 fully saturated rings. The van der Waals surface area contributed by atoms with Crippen LogP contribution >= 0.6 is 31.9 Å². The van der Waals surface area contributed by atoms with Crippen molar-refractivity contribution in [3.8, 4) is 5.75 Å². The largest absolute Gasteiger partial charge is 0.491 e. The summed E-state index contributed by atoms with van der Waals surface area (Å²) in [6.07, 6.45) is 9.96. The Labute approximate surface area is 175 Å². The Morgan fingerprint density at radius 2 is 1.62 bits per heavy atom. The first-order valence-electron chi connectivity index (χ1n) is 10.3. The Morgan fingerprint density at radius 3 is 2.12 bits per heavy atom. The fourth-order valence-corrected chi connectivity index (χ4v) is 7.76. The standard InChI is InChI=1S/C22H31Br2NO/c1-3-4-26-21-19(23)8-18(9-20(21)24)13-25-14(2)22-10-15-5-16(11-22)7-17(6-15)12-22/h8-9,14-17,25H,3-7,10-13H2,1-2H3. The molecular weight excluding hydrogens is 454 g/mol. The lowest BCUT2D eigenvalue weighted by molar-refractivity contribution is -0.0706. The van der Waals surface area contributed by atoms with Gasteiger partial charge in [-0.2, -0.15) is 0 Å². The van der Waals surface area contributed by atoms with Crippen LogP contribution in [0, 0.1) is 23.2 Å². The van der Waals surface area contributed by atoms with Crippen LogP contribution in [-0.2, 0) is 6.54 Å². The highest BCUT2D eigenvalue weighted by molar-refractivity contribution is 9.11. The SMILES string of the molecule is CCCOc1c(Br)cc(CNC(C)C23CC4CC(CC(C4)C2)C3)cc1Br. The van der Waals surface area contributed by atoms with Crippen LogP contribution in [0.25, 0.3) is 0 Å². The number of nitrogens with one attached hydrogen (secondary N) is 1. The molecular formula is C22H31Br2NO. The van der Waals surface area contributed by atoms with Crippen molar-refractivity contribution in [3.05, 3.63) is 26.6 Å². The summed E-state index contributed by atoms with van der Waals surface area (Å²) in [5.74, 6) is 3.97. The van der Waals surface area contributed by atoms with Crippen LogP contribution in [0.2, 0.25) is 0 Å². The number of hydrogen-bond acceptors (Lipinski definition) is 2. The van der Waals surface area contributed by atoms with Crippen LogP contribution in [0.1, 0.15) is 64.4 Å². The molecule has 0 amide bonds. The highest BCUT2D eigenvalue weighted by Crippen LogP contribution is 2.61. The van der Waals surface area contributed by atoms with Crippen molar-refractivity contribution in [2.24, 2.45) is 23.2 Å². The number of ether oxygens (including phenoxy) is 1. The van der Waals surface area contributed by atoms with Gasteiger partial charge >= 0.3 is 0 Å². The van der Waals surface area contributed by atoms with Crippen molar-refractivity contribution in [3.63, 3.8) is 0 Å². The van der Waals surface area contributed by atoms with Crippen molar-refractivity contribution >= 4 is 31.9 Å². The monoisotopic (exact) mass is 483 g/mol. The predicted molar refractivity (Wildman–Crippen MR) is 115 cm³/mol. The Kier molecular flexibility index (Phi) is 5.74. The van der Waals surface area contributed by atoms with Crippen molar-refractivity contribution in [2.45, 2.75) is 71.4 Å². The van der Waals surface area contributed by atoms with Gasteiger partial charge in [-0.25, -0.2) is 0 Å². The average molecular weight is 485 g/mol. The smallest absolute Gasteiger partial charge is 0.147 e. The maximum absolute atomic E-state index is 5.85. The molecule has 0 spiro atoms. The molecule has 4 heteroatoms. The van der Waals surface area contributed by atoms with Gasteiger partial charge in [0.2, 0.25) is 0 Å². The maximum Gasteiger partial charge on any atom is 0.147 e. The average Bonchev–Trinajstić information content (AvgIpc) is 2.58. The summed E-state index contributed by atoms with van der Waals surface area (Å²) in [4.78, 5) is 0. The van der Waals surface area contributed by atoms with E-state index in [0.717, 1.165) is 52.0 Å². The molecule has 4 aliphatic carbocycles. The van der Waals surface area contributed by atoms with Crippen LogP contribution in [0.4, 0.5) is 0 Å². The molecule has 1 N–H and O–H groups in total. The minimum Gasteiger partial charge on any atom is -0.491 e. The van der Waals surface area contributed by atoms with E-state index in [0.29, 0.717) is 11.5 Å². The fraction of sp³-hybridized carbons (Fsp3) is 0.727. The molecule has 1 aromatic carbocycles. The summed E-state index contributed by atoms with van der Waals surface area (Å²) >= 11 is 7.37. The first-order chi connectivity index (χ1) is 12.5. The third-order valence-electron chi connectivity index (χ3n) is 7.13. The number of hydrogen-bond donors (Lipinski definition) is 1. The van der Waals surface area contributed by atoms with Crippen molar-refractivity contribution < 1.29 is 4.74 Å². The third-order valence-corrected chi connectivity index (χ3v) is 8.30. The number of benzene rings is 1. The van der Waals surface area contributed by atoms with E-state index in [4.69, 9.17) is 4.74 Å². The van der Waals surface area contributed by atoms with E-state index in [9.17, 15) is 0 Å². The normalized spacial score (nSPS) is 33.5. The third kappa shape index (κ3) is 3.75. The summed E-state index contributed by atoms with van der Waals surface area (Å²) in [6, 6.07) is 5.01. The van der Waals surface area contributed by atoms with Crippen LogP contribution in [0.15, 0.2) is 21.1 Å². The van der Waals surface area contributed by atoms with Gasteiger partial charge in [0, 0.05) is 12.6 Å². The maximum atomic E-state index is 5.85. The molecule has 2 nitrogen and oxygen atoms in total. The lowest BCUT2D eigenvalue weighted by atomic mass is 9.48.